The number of benzene rings is 1. The summed E-state index contributed by atoms with van der Waals surface area (Å²) in [5, 5.41) is 2.81. The average Bonchev–Trinajstić information content (AvgIpc) is 2.42. The van der Waals surface area contributed by atoms with E-state index in [2.05, 4.69) is 28.2 Å². The van der Waals surface area contributed by atoms with Crippen LogP contribution >= 0.6 is 15.9 Å². The Balaban J connectivity index is 2.35. The maximum atomic E-state index is 11.9. The third-order valence-electron chi connectivity index (χ3n) is 2.59. The summed E-state index contributed by atoms with van der Waals surface area (Å²) in [7, 11) is 1.59. The summed E-state index contributed by atoms with van der Waals surface area (Å²) in [5.74, 6) is 0.599. The van der Waals surface area contributed by atoms with Crippen molar-refractivity contribution in [1.82, 2.24) is 5.32 Å². The van der Waals surface area contributed by atoms with Crippen molar-refractivity contribution in [3.05, 3.63) is 28.2 Å². The van der Waals surface area contributed by atoms with Crippen LogP contribution in [0, 0.1) is 0 Å². The lowest BCUT2D eigenvalue weighted by Gasteiger charge is -2.08. The number of hydrogen-bond donors (Lipinski definition) is 1. The Morgan fingerprint density at radius 3 is 2.79 bits per heavy atom. The van der Waals surface area contributed by atoms with Gasteiger partial charge < -0.3 is 14.8 Å². The Morgan fingerprint density at radius 2 is 2.16 bits per heavy atom. The van der Waals surface area contributed by atoms with Crippen molar-refractivity contribution in [1.29, 1.82) is 0 Å². The van der Waals surface area contributed by atoms with Crippen molar-refractivity contribution >= 4 is 21.8 Å². The van der Waals surface area contributed by atoms with Crippen molar-refractivity contribution in [3.63, 3.8) is 0 Å². The van der Waals surface area contributed by atoms with Gasteiger partial charge in [-0.25, -0.2) is 0 Å². The molecular weight excluding hydrogens is 310 g/mol. The summed E-state index contributed by atoms with van der Waals surface area (Å²) in [6.07, 6.45) is 2.17. The first kappa shape index (κ1) is 16.0. The molecule has 0 saturated heterocycles. The fourth-order valence-corrected chi connectivity index (χ4v) is 2.04. The monoisotopic (exact) mass is 329 g/mol. The zero-order chi connectivity index (χ0) is 14.1. The number of hydrogen-bond acceptors (Lipinski definition) is 3. The molecular formula is C14H20BrNO3. The van der Waals surface area contributed by atoms with Crippen LogP contribution in [-0.4, -0.2) is 32.8 Å². The molecule has 1 aromatic carbocycles. The summed E-state index contributed by atoms with van der Waals surface area (Å²) >= 11 is 3.36. The zero-order valence-electron chi connectivity index (χ0n) is 11.4. The summed E-state index contributed by atoms with van der Waals surface area (Å²) in [6.45, 7) is 3.93. The molecule has 0 heterocycles. The number of rotatable bonds is 8. The van der Waals surface area contributed by atoms with Gasteiger partial charge in [-0.2, -0.15) is 0 Å². The summed E-state index contributed by atoms with van der Waals surface area (Å²) in [5.41, 5.74) is 0.598. The second-order valence-electron chi connectivity index (χ2n) is 4.07. The minimum Gasteiger partial charge on any atom is -0.496 e. The molecule has 0 radical (unpaired) electrons. The van der Waals surface area contributed by atoms with E-state index in [1.807, 2.05) is 0 Å². The Labute approximate surface area is 122 Å². The highest BCUT2D eigenvalue weighted by Gasteiger charge is 2.08. The molecule has 19 heavy (non-hydrogen) atoms. The van der Waals surface area contributed by atoms with E-state index in [1.165, 1.54) is 0 Å². The quantitative estimate of drug-likeness (QED) is 0.746. The summed E-state index contributed by atoms with van der Waals surface area (Å²) in [6, 6.07) is 5.24. The molecule has 106 valence electrons. The van der Waals surface area contributed by atoms with Gasteiger partial charge in [0, 0.05) is 18.7 Å². The van der Waals surface area contributed by atoms with Crippen molar-refractivity contribution in [2.75, 3.05) is 26.9 Å². The molecule has 0 bridgehead atoms. The number of amides is 1. The van der Waals surface area contributed by atoms with Crippen molar-refractivity contribution in [2.45, 2.75) is 19.8 Å². The molecule has 0 atom stereocenters. The van der Waals surface area contributed by atoms with Gasteiger partial charge in [0.15, 0.2) is 0 Å². The number of halogens is 1. The number of nitrogens with one attached hydrogen (secondary N) is 1. The molecule has 1 aromatic rings. The topological polar surface area (TPSA) is 47.6 Å². The van der Waals surface area contributed by atoms with Gasteiger partial charge in [-0.05, 0) is 40.5 Å². The molecule has 0 aliphatic heterocycles. The van der Waals surface area contributed by atoms with E-state index in [1.54, 1.807) is 25.3 Å². The molecule has 0 spiro atoms. The Hall–Kier alpha value is -1.07. The van der Waals surface area contributed by atoms with Crippen molar-refractivity contribution in [2.24, 2.45) is 0 Å². The summed E-state index contributed by atoms with van der Waals surface area (Å²) < 4.78 is 11.3. The first-order valence-electron chi connectivity index (χ1n) is 6.38. The van der Waals surface area contributed by atoms with Gasteiger partial charge >= 0.3 is 0 Å². The van der Waals surface area contributed by atoms with E-state index in [4.69, 9.17) is 9.47 Å². The van der Waals surface area contributed by atoms with Crippen LogP contribution in [0.4, 0.5) is 0 Å². The number of carbonyl (C=O) groups excluding carboxylic acids is 1. The number of unbranched alkanes of at least 4 members (excludes halogenated alkanes) is 1. The zero-order valence-corrected chi connectivity index (χ0v) is 13.0. The fourth-order valence-electron chi connectivity index (χ4n) is 1.49. The van der Waals surface area contributed by atoms with Gasteiger partial charge in [0.2, 0.25) is 0 Å². The van der Waals surface area contributed by atoms with Crippen LogP contribution in [0.3, 0.4) is 0 Å². The van der Waals surface area contributed by atoms with E-state index < -0.39 is 0 Å². The highest BCUT2D eigenvalue weighted by molar-refractivity contribution is 9.10. The van der Waals surface area contributed by atoms with Crippen LogP contribution < -0.4 is 10.1 Å². The summed E-state index contributed by atoms with van der Waals surface area (Å²) in [4.78, 5) is 11.9. The first-order valence-corrected chi connectivity index (χ1v) is 7.17. The Kier molecular flexibility index (Phi) is 7.52. The van der Waals surface area contributed by atoms with Gasteiger partial charge in [0.25, 0.3) is 5.91 Å². The molecule has 0 unspecified atom stereocenters. The maximum absolute atomic E-state index is 11.9. The lowest BCUT2D eigenvalue weighted by molar-refractivity contribution is 0.0912. The smallest absolute Gasteiger partial charge is 0.251 e. The fraction of sp³-hybridized carbons (Fsp3) is 0.500. The van der Waals surface area contributed by atoms with Gasteiger partial charge in [-0.1, -0.05) is 13.3 Å². The second kappa shape index (κ2) is 8.93. The molecule has 0 aromatic heterocycles. The molecule has 5 heteroatoms. The largest absolute Gasteiger partial charge is 0.496 e. The van der Waals surface area contributed by atoms with Crippen LogP contribution in [0.5, 0.6) is 5.75 Å². The van der Waals surface area contributed by atoms with Gasteiger partial charge in [-0.3, -0.25) is 4.79 Å². The van der Waals surface area contributed by atoms with E-state index in [0.717, 1.165) is 23.9 Å². The first-order chi connectivity index (χ1) is 9.19. The van der Waals surface area contributed by atoms with Crippen molar-refractivity contribution < 1.29 is 14.3 Å². The molecule has 0 aliphatic carbocycles. The normalized spacial score (nSPS) is 10.3. The maximum Gasteiger partial charge on any atom is 0.251 e. The molecule has 0 saturated carbocycles. The highest BCUT2D eigenvalue weighted by atomic mass is 79.9. The van der Waals surface area contributed by atoms with Crippen LogP contribution in [0.2, 0.25) is 0 Å². The lowest BCUT2D eigenvalue weighted by Crippen LogP contribution is -2.27. The van der Waals surface area contributed by atoms with Crippen LogP contribution in [0.15, 0.2) is 22.7 Å². The molecule has 1 amide bonds. The Morgan fingerprint density at radius 1 is 1.37 bits per heavy atom. The molecule has 1 N–H and O–H groups in total. The molecule has 4 nitrogen and oxygen atoms in total. The van der Waals surface area contributed by atoms with Gasteiger partial charge in [-0.15, -0.1) is 0 Å². The lowest BCUT2D eigenvalue weighted by atomic mass is 10.2. The predicted molar refractivity (Wildman–Crippen MR) is 78.8 cm³/mol. The SMILES string of the molecule is CCCCOCCNC(=O)c1ccc(OC)c(Br)c1. The van der Waals surface area contributed by atoms with E-state index >= 15 is 0 Å². The van der Waals surface area contributed by atoms with Crippen LogP contribution in [0.1, 0.15) is 30.1 Å². The van der Waals surface area contributed by atoms with E-state index in [0.29, 0.717) is 24.5 Å². The minimum atomic E-state index is -0.109. The standard InChI is InChI=1S/C14H20BrNO3/c1-3-4-8-19-9-7-16-14(17)11-5-6-13(18-2)12(15)10-11/h5-6,10H,3-4,7-9H2,1-2H3,(H,16,17). The number of carbonyl (C=O) groups is 1. The van der Waals surface area contributed by atoms with Gasteiger partial charge in [0.1, 0.15) is 5.75 Å². The predicted octanol–water partition coefficient (Wildman–Crippen LogP) is 3.00. The number of ether oxygens (including phenoxy) is 2. The average molecular weight is 330 g/mol. The van der Waals surface area contributed by atoms with E-state index in [-0.39, 0.29) is 5.91 Å². The third-order valence-corrected chi connectivity index (χ3v) is 3.21. The molecule has 0 aliphatic rings. The molecule has 1 rings (SSSR count). The van der Waals surface area contributed by atoms with Crippen molar-refractivity contribution in [3.8, 4) is 5.75 Å². The van der Waals surface area contributed by atoms with E-state index in [9.17, 15) is 4.79 Å². The van der Waals surface area contributed by atoms with Crippen LogP contribution in [-0.2, 0) is 4.74 Å². The second-order valence-corrected chi connectivity index (χ2v) is 4.93. The number of methoxy groups -OCH3 is 1. The molecule has 0 fully saturated rings. The highest BCUT2D eigenvalue weighted by Crippen LogP contribution is 2.25. The third kappa shape index (κ3) is 5.61. The van der Waals surface area contributed by atoms with Gasteiger partial charge in [0.05, 0.1) is 18.2 Å². The van der Waals surface area contributed by atoms with Crippen LogP contribution in [0.25, 0.3) is 0 Å². The minimum absolute atomic E-state index is 0.109. The Bertz CT molecular complexity index is 410.